The van der Waals surface area contributed by atoms with Crippen LogP contribution in [-0.2, 0) is 38.4 Å². The van der Waals surface area contributed by atoms with Gasteiger partial charge in [0.05, 0.1) is 12.6 Å². The Morgan fingerprint density at radius 2 is 0.942 bits per heavy atom. The second-order valence-corrected chi connectivity index (χ2v) is 14.3. The number of carboxylic acid groups (broad SMARTS) is 2. The molecule has 0 bridgehead atoms. The second-order valence-electron chi connectivity index (χ2n) is 14.3. The van der Waals surface area contributed by atoms with Crippen LogP contribution in [0.5, 0.6) is 0 Å². The van der Waals surface area contributed by atoms with Crippen LogP contribution >= 0.6 is 0 Å². The lowest BCUT2D eigenvalue weighted by Gasteiger charge is -2.28. The van der Waals surface area contributed by atoms with Gasteiger partial charge in [0.2, 0.25) is 35.4 Å². The SMILES string of the molecule is CC(C)C[C@H](NC(=O)CNC(=O)[C@H](C)N)C(=O)N[C@@H](CCC(=O)O)C(=O)N[C@@H](CC(C)C)C(=O)N[C@@H](CC(C)C)C(=O)N[C@@H](CCCCN)C(=O)O. The number of unbranched alkanes of at least 4 members (excludes halogenated alkanes) is 1. The molecule has 0 spiro atoms. The van der Waals surface area contributed by atoms with Crippen LogP contribution < -0.4 is 43.4 Å². The molecule has 0 aliphatic heterocycles. The average molecular weight is 743 g/mol. The van der Waals surface area contributed by atoms with Crippen molar-refractivity contribution in [1.82, 2.24) is 31.9 Å². The number of nitrogens with two attached hydrogens (primary N) is 2. The van der Waals surface area contributed by atoms with E-state index in [-0.39, 0.29) is 49.9 Å². The Morgan fingerprint density at radius 1 is 0.538 bits per heavy atom. The van der Waals surface area contributed by atoms with Crippen LogP contribution in [0.15, 0.2) is 0 Å². The molecule has 298 valence electrons. The largest absolute Gasteiger partial charge is 0.481 e. The molecular weight excluding hydrogens is 680 g/mol. The Bertz CT molecular complexity index is 1210. The lowest BCUT2D eigenvalue weighted by molar-refractivity contribution is -0.142. The fourth-order valence-electron chi connectivity index (χ4n) is 5.06. The predicted molar refractivity (Wildman–Crippen MR) is 192 cm³/mol. The minimum absolute atomic E-state index is 0.0925. The molecule has 0 aromatic heterocycles. The van der Waals surface area contributed by atoms with E-state index in [1.165, 1.54) is 6.92 Å². The maximum atomic E-state index is 13.7. The molecule has 0 saturated heterocycles. The smallest absolute Gasteiger partial charge is 0.326 e. The van der Waals surface area contributed by atoms with E-state index in [0.29, 0.717) is 19.4 Å². The molecule has 0 heterocycles. The fourth-order valence-corrected chi connectivity index (χ4v) is 5.06. The van der Waals surface area contributed by atoms with Crippen molar-refractivity contribution in [3.8, 4) is 0 Å². The molecule has 18 nitrogen and oxygen atoms in total. The first-order valence-corrected chi connectivity index (χ1v) is 17.9. The van der Waals surface area contributed by atoms with Crippen LogP contribution in [0.2, 0.25) is 0 Å². The molecule has 0 radical (unpaired) electrons. The Hall–Kier alpha value is -4.32. The summed E-state index contributed by atoms with van der Waals surface area (Å²) in [5, 5.41) is 34.1. The molecule has 0 aliphatic carbocycles. The van der Waals surface area contributed by atoms with Crippen LogP contribution in [0.1, 0.15) is 99.8 Å². The van der Waals surface area contributed by atoms with E-state index in [1.807, 2.05) is 13.8 Å². The highest BCUT2D eigenvalue weighted by Crippen LogP contribution is 2.12. The number of aliphatic carboxylic acids is 2. The minimum atomic E-state index is -1.44. The number of carbonyl (C=O) groups excluding carboxylic acids is 6. The van der Waals surface area contributed by atoms with E-state index in [1.54, 1.807) is 27.7 Å². The first-order valence-electron chi connectivity index (χ1n) is 17.9. The van der Waals surface area contributed by atoms with Crippen molar-refractivity contribution in [3.63, 3.8) is 0 Å². The highest BCUT2D eigenvalue weighted by Gasteiger charge is 2.33. The van der Waals surface area contributed by atoms with Crippen molar-refractivity contribution < 1.29 is 48.6 Å². The lowest BCUT2D eigenvalue weighted by Crippen LogP contribution is -2.59. The summed E-state index contributed by atoms with van der Waals surface area (Å²) in [5.41, 5.74) is 11.0. The van der Waals surface area contributed by atoms with Gasteiger partial charge in [-0.1, -0.05) is 41.5 Å². The monoisotopic (exact) mass is 742 g/mol. The van der Waals surface area contributed by atoms with Gasteiger partial charge in [-0.15, -0.1) is 0 Å². The second kappa shape index (κ2) is 24.8. The minimum Gasteiger partial charge on any atom is -0.481 e. The van der Waals surface area contributed by atoms with Crippen LogP contribution in [0, 0.1) is 17.8 Å². The lowest BCUT2D eigenvalue weighted by atomic mass is 9.99. The first-order chi connectivity index (χ1) is 24.2. The normalized spacial score (nSPS) is 14.7. The number of hydrogen-bond acceptors (Lipinski definition) is 10. The van der Waals surface area contributed by atoms with Gasteiger partial charge in [-0.2, -0.15) is 0 Å². The molecule has 0 unspecified atom stereocenters. The van der Waals surface area contributed by atoms with Gasteiger partial charge in [-0.3, -0.25) is 33.6 Å². The van der Waals surface area contributed by atoms with Crippen molar-refractivity contribution in [3.05, 3.63) is 0 Å². The molecule has 18 heteroatoms. The molecule has 6 atom stereocenters. The zero-order valence-electron chi connectivity index (χ0n) is 31.6. The standard InChI is InChI=1S/C34H62N8O10/c1-18(2)14-24(38-27(43)17-37-29(46)21(7)36)31(48)39-22(11-12-28(44)45)30(47)41-26(16-20(5)6)33(50)42-25(15-19(3)4)32(49)40-23(34(51)52)10-8-9-13-35/h18-26H,8-17,35-36H2,1-7H3,(H,37,46)(H,38,43)(H,39,48)(H,40,49)(H,41,47)(H,42,50)(H,44,45)(H,51,52)/t21-,22-,23-,24-,25-,26-/m0/s1. The third-order valence-corrected chi connectivity index (χ3v) is 7.72. The molecule has 0 aliphatic rings. The molecule has 0 fully saturated rings. The Labute approximate surface area is 306 Å². The van der Waals surface area contributed by atoms with Gasteiger partial charge >= 0.3 is 11.9 Å². The zero-order valence-corrected chi connectivity index (χ0v) is 31.6. The van der Waals surface area contributed by atoms with E-state index in [4.69, 9.17) is 11.5 Å². The third-order valence-electron chi connectivity index (χ3n) is 7.72. The van der Waals surface area contributed by atoms with Gasteiger partial charge in [0.25, 0.3) is 0 Å². The summed E-state index contributed by atoms with van der Waals surface area (Å²) >= 11 is 0. The number of nitrogens with one attached hydrogen (secondary N) is 6. The van der Waals surface area contributed by atoms with Crippen molar-refractivity contribution in [2.75, 3.05) is 13.1 Å². The topological polar surface area (TPSA) is 301 Å². The van der Waals surface area contributed by atoms with E-state index in [2.05, 4.69) is 31.9 Å². The van der Waals surface area contributed by atoms with Gasteiger partial charge in [-0.05, 0) is 76.2 Å². The van der Waals surface area contributed by atoms with Gasteiger partial charge < -0.3 is 53.6 Å². The fraction of sp³-hybridized carbons (Fsp3) is 0.765. The van der Waals surface area contributed by atoms with Crippen molar-refractivity contribution >= 4 is 47.4 Å². The van der Waals surface area contributed by atoms with Gasteiger partial charge in [0.1, 0.15) is 30.2 Å². The zero-order chi connectivity index (χ0) is 40.1. The third kappa shape index (κ3) is 20.5. The number of rotatable bonds is 26. The Balaban J connectivity index is 6.14. The van der Waals surface area contributed by atoms with Gasteiger partial charge in [-0.25, -0.2) is 4.79 Å². The number of carboxylic acids is 2. The molecule has 6 amide bonds. The number of amides is 6. The maximum absolute atomic E-state index is 13.7. The molecule has 0 rings (SSSR count). The Kier molecular flexibility index (Phi) is 22.7. The van der Waals surface area contributed by atoms with Crippen LogP contribution in [0.25, 0.3) is 0 Å². The summed E-state index contributed by atoms with van der Waals surface area (Å²) in [6.45, 7) is 12.2. The van der Waals surface area contributed by atoms with Crippen molar-refractivity contribution in [2.45, 2.75) is 136 Å². The van der Waals surface area contributed by atoms with Gasteiger partial charge in [0, 0.05) is 6.42 Å². The first kappa shape index (κ1) is 47.7. The summed E-state index contributed by atoms with van der Waals surface area (Å²) in [5.74, 6) is -7.20. The highest BCUT2D eigenvalue weighted by molar-refractivity contribution is 5.96. The van der Waals surface area contributed by atoms with Crippen molar-refractivity contribution in [2.24, 2.45) is 29.2 Å². The van der Waals surface area contributed by atoms with Crippen LogP contribution in [-0.4, -0.2) is 107 Å². The maximum Gasteiger partial charge on any atom is 0.326 e. The van der Waals surface area contributed by atoms with E-state index >= 15 is 0 Å². The van der Waals surface area contributed by atoms with Crippen molar-refractivity contribution in [1.29, 1.82) is 0 Å². The van der Waals surface area contributed by atoms with E-state index < -0.39 is 96.6 Å². The summed E-state index contributed by atoms with van der Waals surface area (Å²) in [6, 6.07) is -7.02. The van der Waals surface area contributed by atoms with E-state index in [0.717, 1.165) is 0 Å². The molecule has 0 aromatic rings. The number of hydrogen-bond donors (Lipinski definition) is 10. The summed E-state index contributed by atoms with van der Waals surface area (Å²) in [7, 11) is 0. The molecule has 0 aromatic carbocycles. The molecule has 0 saturated carbocycles. The molecular formula is C34H62N8O10. The summed E-state index contributed by atoms with van der Waals surface area (Å²) in [6.07, 6.45) is 0.700. The van der Waals surface area contributed by atoms with Gasteiger partial charge in [0.15, 0.2) is 0 Å². The van der Waals surface area contributed by atoms with Crippen LogP contribution in [0.3, 0.4) is 0 Å². The molecule has 12 N–H and O–H groups in total. The molecule has 52 heavy (non-hydrogen) atoms. The average Bonchev–Trinajstić information content (AvgIpc) is 3.02. The summed E-state index contributed by atoms with van der Waals surface area (Å²) < 4.78 is 0. The van der Waals surface area contributed by atoms with Crippen LogP contribution in [0.4, 0.5) is 0 Å². The Morgan fingerprint density at radius 3 is 1.33 bits per heavy atom. The predicted octanol–water partition coefficient (Wildman–Crippen LogP) is -0.909. The number of carbonyl (C=O) groups is 8. The quantitative estimate of drug-likeness (QED) is 0.0482. The van der Waals surface area contributed by atoms with E-state index in [9.17, 15) is 48.6 Å². The summed E-state index contributed by atoms with van der Waals surface area (Å²) in [4.78, 5) is 102. The highest BCUT2D eigenvalue weighted by atomic mass is 16.4.